The van der Waals surface area contributed by atoms with Gasteiger partial charge < -0.3 is 15.1 Å². The number of aliphatic hydroxyl groups excluding tert-OH is 1. The van der Waals surface area contributed by atoms with Crippen molar-refractivity contribution >= 4 is 11.9 Å². The van der Waals surface area contributed by atoms with Gasteiger partial charge in [-0.25, -0.2) is 0 Å². The van der Waals surface area contributed by atoms with Crippen molar-refractivity contribution in [1.29, 1.82) is 0 Å². The predicted molar refractivity (Wildman–Crippen MR) is 94.7 cm³/mol. The molecule has 0 aliphatic carbocycles. The summed E-state index contributed by atoms with van der Waals surface area (Å²) in [6.07, 6.45) is 14.1. The van der Waals surface area contributed by atoms with Crippen LogP contribution in [0.25, 0.3) is 0 Å². The number of likely N-dealkylation sites (tertiary alicyclic amines) is 1. The molecule has 1 rings (SSSR count). The third-order valence-electron chi connectivity index (χ3n) is 4.26. The van der Waals surface area contributed by atoms with E-state index in [-0.39, 0.29) is 18.4 Å². The number of aliphatic carboxylic acids is 1. The monoisotopic (exact) mass is 337 g/mol. The van der Waals surface area contributed by atoms with Gasteiger partial charge in [0.05, 0.1) is 12.1 Å². The second kappa shape index (κ2) is 11.8. The molecule has 0 spiro atoms. The average molecular weight is 337 g/mol. The lowest BCUT2D eigenvalue weighted by atomic mass is 10.1. The summed E-state index contributed by atoms with van der Waals surface area (Å²) < 4.78 is 0. The van der Waals surface area contributed by atoms with Crippen LogP contribution in [0.3, 0.4) is 0 Å². The number of amides is 1. The van der Waals surface area contributed by atoms with Crippen molar-refractivity contribution in [3.05, 3.63) is 24.3 Å². The number of carboxylic acid groups (broad SMARTS) is 1. The van der Waals surface area contributed by atoms with E-state index < -0.39 is 12.1 Å². The van der Waals surface area contributed by atoms with Gasteiger partial charge >= 0.3 is 5.97 Å². The van der Waals surface area contributed by atoms with Gasteiger partial charge in [-0.1, -0.05) is 50.5 Å². The standard InChI is InChI=1S/C19H31NO4/c1-2-3-6-9-17(21)13-11-16-12-14-18(22)20(16)15-8-5-4-7-10-19(23)24/h5,8,11,13,16-17,21H,2-4,6-7,9-10,12,14-15H2,1H3,(H,23,24)/b8-5+,13-11+. The van der Waals surface area contributed by atoms with Crippen molar-refractivity contribution in [3.63, 3.8) is 0 Å². The molecule has 1 fully saturated rings. The largest absolute Gasteiger partial charge is 0.481 e. The van der Waals surface area contributed by atoms with Gasteiger partial charge in [0.25, 0.3) is 0 Å². The number of hydrogen-bond donors (Lipinski definition) is 2. The summed E-state index contributed by atoms with van der Waals surface area (Å²) in [6, 6.07) is 0.0574. The predicted octanol–water partition coefficient (Wildman–Crippen LogP) is 3.29. The van der Waals surface area contributed by atoms with Crippen molar-refractivity contribution in [2.75, 3.05) is 6.54 Å². The van der Waals surface area contributed by atoms with Crippen molar-refractivity contribution in [3.8, 4) is 0 Å². The molecule has 2 atom stereocenters. The summed E-state index contributed by atoms with van der Waals surface area (Å²) in [5.74, 6) is -0.638. The molecule has 2 N–H and O–H groups in total. The van der Waals surface area contributed by atoms with Gasteiger partial charge in [-0.05, 0) is 25.7 Å². The second-order valence-corrected chi connectivity index (χ2v) is 6.36. The van der Waals surface area contributed by atoms with Crippen LogP contribution in [0.4, 0.5) is 0 Å². The van der Waals surface area contributed by atoms with Crippen LogP contribution in [0, 0.1) is 0 Å². The Morgan fingerprint density at radius 1 is 1.33 bits per heavy atom. The van der Waals surface area contributed by atoms with Gasteiger partial charge in [-0.15, -0.1) is 0 Å². The van der Waals surface area contributed by atoms with E-state index >= 15 is 0 Å². The van der Waals surface area contributed by atoms with E-state index in [4.69, 9.17) is 5.11 Å². The van der Waals surface area contributed by atoms with E-state index in [2.05, 4.69) is 6.92 Å². The van der Waals surface area contributed by atoms with Gasteiger partial charge in [-0.3, -0.25) is 9.59 Å². The van der Waals surface area contributed by atoms with E-state index in [9.17, 15) is 14.7 Å². The zero-order chi connectivity index (χ0) is 17.8. The average Bonchev–Trinajstić information content (AvgIpc) is 2.89. The zero-order valence-corrected chi connectivity index (χ0v) is 14.7. The lowest BCUT2D eigenvalue weighted by Crippen LogP contribution is -2.32. The maximum Gasteiger partial charge on any atom is 0.303 e. The number of hydrogen-bond acceptors (Lipinski definition) is 3. The van der Waals surface area contributed by atoms with Gasteiger partial charge in [0.1, 0.15) is 0 Å². The maximum atomic E-state index is 12.0. The Labute approximate surface area is 145 Å². The Morgan fingerprint density at radius 3 is 2.83 bits per heavy atom. The fourth-order valence-electron chi connectivity index (χ4n) is 2.83. The first kappa shape index (κ1) is 20.4. The minimum absolute atomic E-state index is 0.0574. The van der Waals surface area contributed by atoms with Crippen LogP contribution in [-0.2, 0) is 9.59 Å². The third kappa shape index (κ3) is 8.29. The van der Waals surface area contributed by atoms with Crippen molar-refractivity contribution in [2.24, 2.45) is 0 Å². The van der Waals surface area contributed by atoms with Crippen LogP contribution in [0.1, 0.15) is 64.7 Å². The first-order chi connectivity index (χ1) is 11.5. The number of carbonyl (C=O) groups is 2. The van der Waals surface area contributed by atoms with Crippen LogP contribution in [0.15, 0.2) is 24.3 Å². The number of rotatable bonds is 12. The van der Waals surface area contributed by atoms with E-state index in [0.29, 0.717) is 25.8 Å². The fourth-order valence-corrected chi connectivity index (χ4v) is 2.83. The Morgan fingerprint density at radius 2 is 2.12 bits per heavy atom. The SMILES string of the molecule is CCCCCC(O)/C=C/C1CCC(=O)N1C/C=C/CCCC(=O)O. The number of carbonyl (C=O) groups excluding carboxylic acids is 1. The molecule has 1 amide bonds. The second-order valence-electron chi connectivity index (χ2n) is 6.36. The quantitative estimate of drug-likeness (QED) is 0.423. The normalized spacial score (nSPS) is 19.7. The highest BCUT2D eigenvalue weighted by Gasteiger charge is 2.27. The molecule has 0 bridgehead atoms. The van der Waals surface area contributed by atoms with E-state index in [0.717, 1.165) is 32.1 Å². The topological polar surface area (TPSA) is 77.8 Å². The molecule has 0 aromatic carbocycles. The number of unbranched alkanes of at least 4 members (excludes halogenated alkanes) is 3. The number of aliphatic hydroxyl groups is 1. The van der Waals surface area contributed by atoms with Gasteiger partial charge in [0.15, 0.2) is 0 Å². The van der Waals surface area contributed by atoms with Gasteiger partial charge in [-0.2, -0.15) is 0 Å². The van der Waals surface area contributed by atoms with Crippen LogP contribution in [-0.4, -0.2) is 45.7 Å². The smallest absolute Gasteiger partial charge is 0.303 e. The summed E-state index contributed by atoms with van der Waals surface area (Å²) in [5, 5.41) is 18.5. The Balaban J connectivity index is 2.37. The highest BCUT2D eigenvalue weighted by Crippen LogP contribution is 2.20. The molecule has 1 aliphatic rings. The minimum Gasteiger partial charge on any atom is -0.481 e. The molecule has 1 saturated heterocycles. The summed E-state index contributed by atoms with van der Waals surface area (Å²) in [6.45, 7) is 2.69. The summed E-state index contributed by atoms with van der Waals surface area (Å²) in [4.78, 5) is 24.2. The molecule has 0 saturated carbocycles. The molecule has 1 aliphatic heterocycles. The molecule has 0 aromatic rings. The van der Waals surface area contributed by atoms with Crippen LogP contribution >= 0.6 is 0 Å². The molecule has 5 nitrogen and oxygen atoms in total. The molecule has 5 heteroatoms. The fraction of sp³-hybridized carbons (Fsp3) is 0.684. The van der Waals surface area contributed by atoms with E-state index in [1.54, 1.807) is 0 Å². The van der Waals surface area contributed by atoms with Crippen LogP contribution < -0.4 is 0 Å². The van der Waals surface area contributed by atoms with Crippen molar-refractivity contribution < 1.29 is 19.8 Å². The third-order valence-corrected chi connectivity index (χ3v) is 4.26. The first-order valence-electron chi connectivity index (χ1n) is 9.07. The number of allylic oxidation sites excluding steroid dienone is 1. The van der Waals surface area contributed by atoms with Crippen LogP contribution in [0.2, 0.25) is 0 Å². The Kier molecular flexibility index (Phi) is 10.1. The lowest BCUT2D eigenvalue weighted by molar-refractivity contribution is -0.137. The Bertz CT molecular complexity index is 445. The van der Waals surface area contributed by atoms with E-state index in [1.165, 1.54) is 0 Å². The molecule has 1 heterocycles. The Hall–Kier alpha value is -1.62. The van der Waals surface area contributed by atoms with Crippen LogP contribution in [0.5, 0.6) is 0 Å². The number of nitrogens with zero attached hydrogens (tertiary/aromatic N) is 1. The molecule has 136 valence electrons. The van der Waals surface area contributed by atoms with Gasteiger partial charge in [0.2, 0.25) is 5.91 Å². The van der Waals surface area contributed by atoms with E-state index in [1.807, 2.05) is 29.2 Å². The highest BCUT2D eigenvalue weighted by molar-refractivity contribution is 5.79. The van der Waals surface area contributed by atoms with Gasteiger partial charge in [0, 0.05) is 19.4 Å². The maximum absolute atomic E-state index is 12.0. The summed E-state index contributed by atoms with van der Waals surface area (Å²) in [5.41, 5.74) is 0. The minimum atomic E-state index is -0.777. The molecule has 2 unspecified atom stereocenters. The van der Waals surface area contributed by atoms with Crippen molar-refractivity contribution in [2.45, 2.75) is 76.9 Å². The molecular weight excluding hydrogens is 306 g/mol. The van der Waals surface area contributed by atoms with Crippen molar-refractivity contribution in [1.82, 2.24) is 4.90 Å². The first-order valence-corrected chi connectivity index (χ1v) is 9.07. The zero-order valence-electron chi connectivity index (χ0n) is 14.7. The highest BCUT2D eigenvalue weighted by atomic mass is 16.4. The number of carboxylic acids is 1. The summed E-state index contributed by atoms with van der Waals surface area (Å²) >= 11 is 0. The summed E-state index contributed by atoms with van der Waals surface area (Å²) in [7, 11) is 0. The molecule has 0 aromatic heterocycles. The lowest BCUT2D eigenvalue weighted by Gasteiger charge is -2.21. The molecule has 0 radical (unpaired) electrons. The molecule has 24 heavy (non-hydrogen) atoms. The molecular formula is C19H31NO4.